The van der Waals surface area contributed by atoms with E-state index < -0.39 is 5.97 Å². The number of likely N-dealkylation sites (N-methyl/N-ethyl adjacent to an activating group) is 1. The summed E-state index contributed by atoms with van der Waals surface area (Å²) in [5.74, 6) is -1.25. The van der Waals surface area contributed by atoms with Crippen molar-refractivity contribution in [3.63, 3.8) is 0 Å². The first kappa shape index (κ1) is 13.9. The van der Waals surface area contributed by atoms with Crippen molar-refractivity contribution in [2.45, 2.75) is 0 Å². The molecule has 18 heavy (non-hydrogen) atoms. The number of aromatic carboxylic acids is 1. The minimum Gasteiger partial charge on any atom is -0.478 e. The van der Waals surface area contributed by atoms with Crippen molar-refractivity contribution in [2.75, 3.05) is 25.0 Å². The molecule has 0 aliphatic rings. The molecule has 1 aromatic rings. The number of para-hydroxylation sites is 1. The summed E-state index contributed by atoms with van der Waals surface area (Å²) < 4.78 is 0. The number of hydrogen-bond acceptors (Lipinski definition) is 3. The summed E-state index contributed by atoms with van der Waals surface area (Å²) in [6.45, 7) is 4.20. The third-order valence-electron chi connectivity index (χ3n) is 2.43. The zero-order chi connectivity index (χ0) is 13.5. The Morgan fingerprint density at radius 3 is 2.72 bits per heavy atom. The molecule has 0 radical (unpaired) electrons. The summed E-state index contributed by atoms with van der Waals surface area (Å²) in [4.78, 5) is 24.2. The molecular weight excluding hydrogens is 232 g/mol. The first-order chi connectivity index (χ1) is 8.57. The average molecular weight is 248 g/mol. The van der Waals surface area contributed by atoms with E-state index in [1.54, 1.807) is 31.3 Å². The number of anilines is 1. The first-order valence-electron chi connectivity index (χ1n) is 5.48. The fraction of sp³-hybridized carbons (Fsp3) is 0.231. The Labute approximate surface area is 106 Å². The highest BCUT2D eigenvalue weighted by molar-refractivity contribution is 6.02. The van der Waals surface area contributed by atoms with Crippen molar-refractivity contribution in [1.29, 1.82) is 0 Å². The number of nitrogens with one attached hydrogen (secondary N) is 1. The molecule has 0 bridgehead atoms. The number of carbonyl (C=O) groups excluding carboxylic acids is 1. The van der Waals surface area contributed by atoms with Gasteiger partial charge in [-0.2, -0.15) is 0 Å². The van der Waals surface area contributed by atoms with Gasteiger partial charge in [-0.15, -0.1) is 6.58 Å². The number of carboxylic acid groups (broad SMARTS) is 1. The van der Waals surface area contributed by atoms with Crippen LogP contribution in [-0.2, 0) is 4.79 Å². The molecule has 96 valence electrons. The molecule has 1 rings (SSSR count). The third kappa shape index (κ3) is 3.43. The highest BCUT2D eigenvalue weighted by Crippen LogP contribution is 2.18. The van der Waals surface area contributed by atoms with E-state index in [0.29, 0.717) is 12.2 Å². The number of rotatable bonds is 6. The van der Waals surface area contributed by atoms with Crippen molar-refractivity contribution < 1.29 is 14.7 Å². The molecule has 0 unspecified atom stereocenters. The number of amides is 1. The molecule has 5 heteroatoms. The SMILES string of the molecule is C=CCNCC(=O)N(C)c1ccccc1C(=O)O. The van der Waals surface area contributed by atoms with Crippen LogP contribution in [0.5, 0.6) is 0 Å². The maximum absolute atomic E-state index is 11.8. The molecule has 0 saturated carbocycles. The van der Waals surface area contributed by atoms with Gasteiger partial charge in [-0.1, -0.05) is 18.2 Å². The maximum atomic E-state index is 11.8. The Balaban J connectivity index is 2.83. The lowest BCUT2D eigenvalue weighted by Crippen LogP contribution is -2.36. The van der Waals surface area contributed by atoms with E-state index in [2.05, 4.69) is 11.9 Å². The van der Waals surface area contributed by atoms with Gasteiger partial charge in [0.25, 0.3) is 0 Å². The number of carboxylic acids is 1. The molecule has 0 aliphatic heterocycles. The molecule has 1 amide bonds. The van der Waals surface area contributed by atoms with E-state index >= 15 is 0 Å². The van der Waals surface area contributed by atoms with E-state index in [1.807, 2.05) is 0 Å². The molecule has 0 aromatic heterocycles. The van der Waals surface area contributed by atoms with Crippen molar-refractivity contribution in [3.05, 3.63) is 42.5 Å². The number of nitrogens with zero attached hydrogens (tertiary/aromatic N) is 1. The van der Waals surface area contributed by atoms with Crippen LogP contribution in [0.2, 0.25) is 0 Å². The quantitative estimate of drug-likeness (QED) is 0.584. The van der Waals surface area contributed by atoms with Crippen molar-refractivity contribution in [1.82, 2.24) is 5.32 Å². The van der Waals surface area contributed by atoms with Crippen LogP contribution >= 0.6 is 0 Å². The fourth-order valence-corrected chi connectivity index (χ4v) is 1.48. The standard InChI is InChI=1S/C13H16N2O3/c1-3-8-14-9-12(16)15(2)11-7-5-4-6-10(11)13(17)18/h3-7,14H,1,8-9H2,2H3,(H,17,18). The van der Waals surface area contributed by atoms with Gasteiger partial charge in [0.1, 0.15) is 0 Å². The van der Waals surface area contributed by atoms with Gasteiger partial charge in [0.05, 0.1) is 17.8 Å². The van der Waals surface area contributed by atoms with Gasteiger partial charge in [0.2, 0.25) is 5.91 Å². The van der Waals surface area contributed by atoms with Crippen molar-refractivity contribution in [3.8, 4) is 0 Å². The highest BCUT2D eigenvalue weighted by Gasteiger charge is 2.16. The van der Waals surface area contributed by atoms with Crippen LogP contribution < -0.4 is 10.2 Å². The summed E-state index contributed by atoms with van der Waals surface area (Å²) in [6.07, 6.45) is 1.65. The van der Waals surface area contributed by atoms with E-state index in [1.165, 1.54) is 11.0 Å². The van der Waals surface area contributed by atoms with Gasteiger partial charge in [-0.25, -0.2) is 4.79 Å². The lowest BCUT2D eigenvalue weighted by molar-refractivity contribution is -0.117. The van der Waals surface area contributed by atoms with Crippen LogP contribution in [0.4, 0.5) is 5.69 Å². The summed E-state index contributed by atoms with van der Waals surface area (Å²) in [5, 5.41) is 11.9. The Kier molecular flexibility index (Phi) is 5.07. The number of benzene rings is 1. The van der Waals surface area contributed by atoms with Gasteiger partial charge in [0, 0.05) is 13.6 Å². The van der Waals surface area contributed by atoms with Crippen molar-refractivity contribution in [2.24, 2.45) is 0 Å². The number of carbonyl (C=O) groups is 2. The second-order valence-corrected chi connectivity index (χ2v) is 3.69. The van der Waals surface area contributed by atoms with Gasteiger partial charge >= 0.3 is 5.97 Å². The van der Waals surface area contributed by atoms with Crippen LogP contribution in [0.15, 0.2) is 36.9 Å². The molecule has 1 aromatic carbocycles. The zero-order valence-electron chi connectivity index (χ0n) is 10.2. The Morgan fingerprint density at radius 2 is 2.11 bits per heavy atom. The second-order valence-electron chi connectivity index (χ2n) is 3.69. The predicted molar refractivity (Wildman–Crippen MR) is 69.9 cm³/mol. The van der Waals surface area contributed by atoms with Crippen LogP contribution in [0.1, 0.15) is 10.4 Å². The van der Waals surface area contributed by atoms with Crippen LogP contribution in [0, 0.1) is 0 Å². The molecule has 0 fully saturated rings. The highest BCUT2D eigenvalue weighted by atomic mass is 16.4. The molecular formula is C13H16N2O3. The van der Waals surface area contributed by atoms with E-state index in [4.69, 9.17) is 5.11 Å². The van der Waals surface area contributed by atoms with Gasteiger partial charge in [-0.05, 0) is 12.1 Å². The summed E-state index contributed by atoms with van der Waals surface area (Å²) in [5.41, 5.74) is 0.493. The maximum Gasteiger partial charge on any atom is 0.337 e. The topological polar surface area (TPSA) is 69.6 Å². The minimum atomic E-state index is -1.05. The van der Waals surface area contributed by atoms with Crippen LogP contribution in [0.3, 0.4) is 0 Å². The smallest absolute Gasteiger partial charge is 0.337 e. The van der Waals surface area contributed by atoms with Gasteiger partial charge in [0.15, 0.2) is 0 Å². The Hall–Kier alpha value is -2.14. The molecule has 5 nitrogen and oxygen atoms in total. The van der Waals surface area contributed by atoms with Crippen LogP contribution in [-0.4, -0.2) is 37.1 Å². The van der Waals surface area contributed by atoms with E-state index in [9.17, 15) is 9.59 Å². The molecule has 0 aliphatic carbocycles. The zero-order valence-corrected chi connectivity index (χ0v) is 10.2. The molecule has 0 atom stereocenters. The van der Waals surface area contributed by atoms with Crippen molar-refractivity contribution >= 4 is 17.6 Å². The molecule has 2 N–H and O–H groups in total. The minimum absolute atomic E-state index is 0.108. The molecule has 0 spiro atoms. The van der Waals surface area contributed by atoms with E-state index in [-0.39, 0.29) is 18.0 Å². The third-order valence-corrected chi connectivity index (χ3v) is 2.43. The lowest BCUT2D eigenvalue weighted by atomic mass is 10.1. The largest absolute Gasteiger partial charge is 0.478 e. The summed E-state index contributed by atoms with van der Waals surface area (Å²) >= 11 is 0. The monoisotopic (exact) mass is 248 g/mol. The van der Waals surface area contributed by atoms with Gasteiger partial charge in [-0.3, -0.25) is 4.79 Å². The molecule has 0 saturated heterocycles. The Morgan fingerprint density at radius 1 is 1.44 bits per heavy atom. The summed E-state index contributed by atoms with van der Waals surface area (Å²) in [6, 6.07) is 6.40. The normalized spacial score (nSPS) is 9.83. The fourth-order valence-electron chi connectivity index (χ4n) is 1.48. The van der Waals surface area contributed by atoms with Gasteiger partial charge < -0.3 is 15.3 Å². The second kappa shape index (κ2) is 6.56. The predicted octanol–water partition coefficient (Wildman–Crippen LogP) is 1.12. The first-order valence-corrected chi connectivity index (χ1v) is 5.48. The molecule has 0 heterocycles. The lowest BCUT2D eigenvalue weighted by Gasteiger charge is -2.19. The Bertz CT molecular complexity index is 457. The average Bonchev–Trinajstić information content (AvgIpc) is 2.38. The number of hydrogen-bond donors (Lipinski definition) is 2. The van der Waals surface area contributed by atoms with Crippen LogP contribution in [0.25, 0.3) is 0 Å². The summed E-state index contributed by atoms with van der Waals surface area (Å²) in [7, 11) is 1.56. The van der Waals surface area contributed by atoms with E-state index in [0.717, 1.165) is 0 Å².